The first-order valence-electron chi connectivity index (χ1n) is 12.6. The van der Waals surface area contributed by atoms with Crippen molar-refractivity contribution >= 4 is 0 Å². The van der Waals surface area contributed by atoms with Crippen molar-refractivity contribution in [2.24, 2.45) is 0 Å². The van der Waals surface area contributed by atoms with E-state index in [1.165, 1.54) is 30.5 Å². The molecule has 0 saturated carbocycles. The normalized spacial score (nSPS) is 20.9. The maximum absolute atomic E-state index is 6.00. The maximum atomic E-state index is 6.00. The molecule has 2 heterocycles. The van der Waals surface area contributed by atoms with Gasteiger partial charge in [0, 0.05) is 37.6 Å². The molecule has 5 rings (SSSR count). The number of fused-ring (bicyclic) bond motifs is 1. The van der Waals surface area contributed by atoms with Crippen LogP contribution in [0, 0.1) is 0 Å². The minimum atomic E-state index is 0.342. The second-order valence-corrected chi connectivity index (χ2v) is 9.46. The van der Waals surface area contributed by atoms with Gasteiger partial charge in [-0.25, -0.2) is 0 Å². The van der Waals surface area contributed by atoms with Gasteiger partial charge in [0.2, 0.25) is 0 Å². The molecule has 3 aromatic rings. The zero-order valence-electron chi connectivity index (χ0n) is 20.4. The summed E-state index contributed by atoms with van der Waals surface area (Å²) in [7, 11) is 1.76. The SMILES string of the molecule is CCOc1cccc(OC)c1CN1C[C@@H]2CCCN2[C@H](C(c2ccccc2)c2ccccc2)C1. The van der Waals surface area contributed by atoms with E-state index >= 15 is 0 Å². The summed E-state index contributed by atoms with van der Waals surface area (Å²) in [4.78, 5) is 5.43. The number of benzene rings is 3. The molecule has 0 aromatic heterocycles. The molecule has 178 valence electrons. The molecule has 2 aliphatic heterocycles. The van der Waals surface area contributed by atoms with Gasteiger partial charge in [0.25, 0.3) is 0 Å². The molecule has 4 nitrogen and oxygen atoms in total. The van der Waals surface area contributed by atoms with Crippen LogP contribution in [0.15, 0.2) is 78.9 Å². The first kappa shape index (κ1) is 22.9. The highest BCUT2D eigenvalue weighted by Gasteiger charge is 2.42. The minimum absolute atomic E-state index is 0.342. The molecule has 2 saturated heterocycles. The Morgan fingerprint density at radius 3 is 2.18 bits per heavy atom. The van der Waals surface area contributed by atoms with Crippen molar-refractivity contribution in [2.75, 3.05) is 33.4 Å². The monoisotopic (exact) mass is 456 g/mol. The van der Waals surface area contributed by atoms with Crippen molar-refractivity contribution in [3.05, 3.63) is 95.6 Å². The van der Waals surface area contributed by atoms with Gasteiger partial charge in [-0.15, -0.1) is 0 Å². The molecule has 0 unspecified atom stereocenters. The largest absolute Gasteiger partial charge is 0.496 e. The molecule has 3 aromatic carbocycles. The number of nitrogens with zero attached hydrogens (tertiary/aromatic N) is 2. The summed E-state index contributed by atoms with van der Waals surface area (Å²) >= 11 is 0. The average molecular weight is 457 g/mol. The van der Waals surface area contributed by atoms with E-state index in [9.17, 15) is 0 Å². The van der Waals surface area contributed by atoms with E-state index in [4.69, 9.17) is 9.47 Å². The van der Waals surface area contributed by atoms with Crippen molar-refractivity contribution in [3.8, 4) is 11.5 Å². The molecule has 4 heteroatoms. The van der Waals surface area contributed by atoms with Gasteiger partial charge in [0.1, 0.15) is 11.5 Å². The van der Waals surface area contributed by atoms with Gasteiger partial charge < -0.3 is 9.47 Å². The molecular weight excluding hydrogens is 420 g/mol. The molecule has 2 aliphatic rings. The second-order valence-electron chi connectivity index (χ2n) is 9.46. The number of rotatable bonds is 8. The quantitative estimate of drug-likeness (QED) is 0.442. The van der Waals surface area contributed by atoms with Crippen LogP contribution < -0.4 is 9.47 Å². The van der Waals surface area contributed by atoms with Crippen molar-refractivity contribution in [3.63, 3.8) is 0 Å². The summed E-state index contributed by atoms with van der Waals surface area (Å²) < 4.78 is 11.8. The van der Waals surface area contributed by atoms with E-state index in [1.54, 1.807) is 7.11 Å². The van der Waals surface area contributed by atoms with E-state index < -0.39 is 0 Å². The fraction of sp³-hybridized carbons (Fsp3) is 0.400. The molecule has 2 fully saturated rings. The Balaban J connectivity index is 1.49. The molecule has 0 amide bonds. The van der Waals surface area contributed by atoms with Gasteiger partial charge in [0.15, 0.2) is 0 Å². The summed E-state index contributed by atoms with van der Waals surface area (Å²) in [6.45, 7) is 6.85. The lowest BCUT2D eigenvalue weighted by molar-refractivity contribution is 0.0376. The highest BCUT2D eigenvalue weighted by Crippen LogP contribution is 2.39. The predicted molar refractivity (Wildman–Crippen MR) is 138 cm³/mol. The van der Waals surface area contributed by atoms with Crippen LogP contribution in [0.5, 0.6) is 11.5 Å². The second kappa shape index (κ2) is 10.6. The molecule has 0 bridgehead atoms. The van der Waals surface area contributed by atoms with Crippen molar-refractivity contribution in [2.45, 2.75) is 44.3 Å². The van der Waals surface area contributed by atoms with E-state index in [0.717, 1.165) is 36.7 Å². The molecular formula is C30H36N2O2. The number of hydrogen-bond acceptors (Lipinski definition) is 4. The third-order valence-corrected chi connectivity index (χ3v) is 7.46. The Kier molecular flexibility index (Phi) is 7.17. The van der Waals surface area contributed by atoms with Gasteiger partial charge in [0.05, 0.1) is 19.3 Å². The predicted octanol–water partition coefficient (Wildman–Crippen LogP) is 5.57. The summed E-state index contributed by atoms with van der Waals surface area (Å²) in [5, 5.41) is 0. The standard InChI is InChI=1S/C30H36N2O2/c1-3-34-29-18-10-17-28(33-2)26(29)21-31-20-25-16-11-19-32(25)27(22-31)30(23-12-6-4-7-13-23)24-14-8-5-9-15-24/h4-10,12-15,17-18,25,27,30H,3,11,16,19-22H2,1-2H3/t25-,27-/m0/s1. The summed E-state index contributed by atoms with van der Waals surface area (Å²) in [6, 6.07) is 29.3. The third-order valence-electron chi connectivity index (χ3n) is 7.46. The van der Waals surface area contributed by atoms with Crippen LogP contribution in [0.25, 0.3) is 0 Å². The van der Waals surface area contributed by atoms with Crippen LogP contribution in [-0.4, -0.2) is 55.2 Å². The number of piperazine rings is 1. The van der Waals surface area contributed by atoms with Crippen LogP contribution >= 0.6 is 0 Å². The van der Waals surface area contributed by atoms with Crippen molar-refractivity contribution < 1.29 is 9.47 Å². The van der Waals surface area contributed by atoms with Crippen molar-refractivity contribution in [1.82, 2.24) is 9.80 Å². The van der Waals surface area contributed by atoms with E-state index in [2.05, 4.69) is 82.6 Å². The van der Waals surface area contributed by atoms with Crippen molar-refractivity contribution in [1.29, 1.82) is 0 Å². The van der Waals surface area contributed by atoms with Gasteiger partial charge >= 0.3 is 0 Å². The van der Waals surface area contributed by atoms with E-state index in [0.29, 0.717) is 24.6 Å². The first-order chi connectivity index (χ1) is 16.8. The van der Waals surface area contributed by atoms with Crippen LogP contribution in [0.4, 0.5) is 0 Å². The Morgan fingerprint density at radius 2 is 1.53 bits per heavy atom. The van der Waals surface area contributed by atoms with Crippen LogP contribution in [-0.2, 0) is 6.54 Å². The van der Waals surface area contributed by atoms with E-state index in [-0.39, 0.29) is 0 Å². The molecule has 2 atom stereocenters. The lowest BCUT2D eigenvalue weighted by atomic mass is 9.82. The average Bonchev–Trinajstić information content (AvgIpc) is 3.36. The highest BCUT2D eigenvalue weighted by atomic mass is 16.5. The topological polar surface area (TPSA) is 24.9 Å². The van der Waals surface area contributed by atoms with Gasteiger partial charge in [-0.05, 0) is 49.6 Å². The van der Waals surface area contributed by atoms with E-state index in [1.807, 2.05) is 13.0 Å². The maximum Gasteiger partial charge on any atom is 0.127 e. The Labute approximate surface area is 204 Å². The number of hydrogen-bond donors (Lipinski definition) is 0. The molecule has 0 radical (unpaired) electrons. The Morgan fingerprint density at radius 1 is 0.853 bits per heavy atom. The summed E-state index contributed by atoms with van der Waals surface area (Å²) in [5.74, 6) is 2.20. The Hall–Kier alpha value is -2.82. The van der Waals surface area contributed by atoms with Gasteiger partial charge in [-0.3, -0.25) is 9.80 Å². The summed E-state index contributed by atoms with van der Waals surface area (Å²) in [5.41, 5.74) is 3.96. The highest BCUT2D eigenvalue weighted by molar-refractivity contribution is 5.45. The van der Waals surface area contributed by atoms with Crippen LogP contribution in [0.1, 0.15) is 42.4 Å². The zero-order chi connectivity index (χ0) is 23.3. The fourth-order valence-electron chi connectivity index (χ4n) is 6.02. The smallest absolute Gasteiger partial charge is 0.127 e. The zero-order valence-corrected chi connectivity index (χ0v) is 20.4. The van der Waals surface area contributed by atoms with Gasteiger partial charge in [-0.1, -0.05) is 66.7 Å². The molecule has 34 heavy (non-hydrogen) atoms. The fourth-order valence-corrected chi connectivity index (χ4v) is 6.02. The number of ether oxygens (including phenoxy) is 2. The lowest BCUT2D eigenvalue weighted by Crippen LogP contribution is -2.57. The first-order valence-corrected chi connectivity index (χ1v) is 12.6. The molecule has 0 spiro atoms. The molecule has 0 aliphatic carbocycles. The van der Waals surface area contributed by atoms with Crippen LogP contribution in [0.2, 0.25) is 0 Å². The molecule has 0 N–H and O–H groups in total. The third kappa shape index (κ3) is 4.70. The van der Waals surface area contributed by atoms with Gasteiger partial charge in [-0.2, -0.15) is 0 Å². The lowest BCUT2D eigenvalue weighted by Gasteiger charge is -2.47. The Bertz CT molecular complexity index is 1020. The minimum Gasteiger partial charge on any atom is -0.496 e. The number of methoxy groups -OCH3 is 1. The van der Waals surface area contributed by atoms with Crippen LogP contribution in [0.3, 0.4) is 0 Å². The summed E-state index contributed by atoms with van der Waals surface area (Å²) in [6.07, 6.45) is 2.55.